The normalized spacial score (nSPS) is 17.7. The topological polar surface area (TPSA) is 110 Å². The zero-order valence-electron chi connectivity index (χ0n) is 12.4. The van der Waals surface area contributed by atoms with Gasteiger partial charge in [-0.25, -0.2) is 4.98 Å². The molecular formula is C13H15N5O4S. The molecule has 1 aliphatic heterocycles. The minimum atomic E-state index is -0.409. The molecule has 1 N–H and O–H groups in total. The molecule has 1 atom stereocenters. The van der Waals surface area contributed by atoms with Gasteiger partial charge in [-0.2, -0.15) is 4.98 Å². The minimum Gasteiger partial charge on any atom is -0.377 e. The van der Waals surface area contributed by atoms with Crippen molar-refractivity contribution in [2.75, 3.05) is 18.6 Å². The fraction of sp³-hybridized carbons (Fsp3) is 0.462. The molecule has 3 rings (SSSR count). The molecule has 23 heavy (non-hydrogen) atoms. The molecule has 1 aliphatic rings. The Morgan fingerprint density at radius 3 is 3.22 bits per heavy atom. The predicted molar refractivity (Wildman–Crippen MR) is 79.4 cm³/mol. The van der Waals surface area contributed by atoms with Crippen molar-refractivity contribution in [3.8, 4) is 0 Å². The number of ether oxygens (including phenoxy) is 1. The highest BCUT2D eigenvalue weighted by molar-refractivity contribution is 7.13. The molecule has 10 heteroatoms. The van der Waals surface area contributed by atoms with E-state index < -0.39 is 5.92 Å². The lowest BCUT2D eigenvalue weighted by molar-refractivity contribution is -0.126. The average Bonchev–Trinajstić information content (AvgIpc) is 3.25. The Labute approximate surface area is 135 Å². The van der Waals surface area contributed by atoms with Crippen molar-refractivity contribution in [3.63, 3.8) is 0 Å². The molecule has 9 nitrogen and oxygen atoms in total. The first-order valence-corrected chi connectivity index (χ1v) is 7.83. The van der Waals surface area contributed by atoms with Gasteiger partial charge in [-0.1, -0.05) is 5.16 Å². The van der Waals surface area contributed by atoms with Crippen molar-refractivity contribution >= 4 is 28.3 Å². The number of hydrogen-bond acceptors (Lipinski definition) is 8. The summed E-state index contributed by atoms with van der Waals surface area (Å²) in [7, 11) is 1.53. The second-order valence-electron chi connectivity index (χ2n) is 4.98. The first-order valence-electron chi connectivity index (χ1n) is 6.95. The lowest BCUT2D eigenvalue weighted by Gasteiger charge is -2.12. The minimum absolute atomic E-state index is 0.0970. The van der Waals surface area contributed by atoms with Crippen LogP contribution < -0.4 is 10.2 Å². The highest BCUT2D eigenvalue weighted by Crippen LogP contribution is 2.26. The first-order chi connectivity index (χ1) is 11.2. The molecule has 2 amide bonds. The summed E-state index contributed by atoms with van der Waals surface area (Å²) in [4.78, 5) is 33.9. The van der Waals surface area contributed by atoms with Gasteiger partial charge in [0.25, 0.3) is 0 Å². The zero-order valence-corrected chi connectivity index (χ0v) is 13.2. The largest absolute Gasteiger partial charge is 0.377 e. The molecule has 122 valence electrons. The molecule has 0 radical (unpaired) electrons. The van der Waals surface area contributed by atoms with Crippen molar-refractivity contribution in [1.29, 1.82) is 0 Å². The van der Waals surface area contributed by atoms with E-state index in [0.29, 0.717) is 23.4 Å². The van der Waals surface area contributed by atoms with Crippen LogP contribution in [0.3, 0.4) is 0 Å². The SMILES string of the molecule is COCc1noc(CNC(=O)C2CC(=O)N(c3nccs3)C2)n1. The Hall–Kier alpha value is -2.33. The Morgan fingerprint density at radius 1 is 1.61 bits per heavy atom. The number of rotatable bonds is 6. The van der Waals surface area contributed by atoms with Gasteiger partial charge in [0.05, 0.1) is 12.5 Å². The van der Waals surface area contributed by atoms with E-state index >= 15 is 0 Å². The number of nitrogens with zero attached hydrogens (tertiary/aromatic N) is 4. The number of aromatic nitrogens is 3. The molecule has 1 unspecified atom stereocenters. The van der Waals surface area contributed by atoms with Crippen molar-refractivity contribution in [2.24, 2.45) is 5.92 Å². The number of anilines is 1. The van der Waals surface area contributed by atoms with Gasteiger partial charge in [0.15, 0.2) is 11.0 Å². The zero-order chi connectivity index (χ0) is 16.2. The van der Waals surface area contributed by atoms with Gasteiger partial charge in [0, 0.05) is 31.7 Å². The molecule has 0 aliphatic carbocycles. The van der Waals surface area contributed by atoms with E-state index in [1.807, 2.05) is 0 Å². The van der Waals surface area contributed by atoms with Crippen molar-refractivity contribution < 1.29 is 18.8 Å². The molecular weight excluding hydrogens is 322 g/mol. The van der Waals surface area contributed by atoms with E-state index in [2.05, 4.69) is 20.4 Å². The van der Waals surface area contributed by atoms with Crippen molar-refractivity contribution in [1.82, 2.24) is 20.4 Å². The Morgan fingerprint density at radius 2 is 2.48 bits per heavy atom. The Kier molecular flexibility index (Phi) is 4.63. The molecule has 0 aromatic carbocycles. The fourth-order valence-corrected chi connectivity index (χ4v) is 2.94. The summed E-state index contributed by atoms with van der Waals surface area (Å²) >= 11 is 1.37. The summed E-state index contributed by atoms with van der Waals surface area (Å²) in [5.41, 5.74) is 0. The molecule has 1 saturated heterocycles. The lowest BCUT2D eigenvalue weighted by Crippen LogP contribution is -2.32. The number of hydrogen-bond donors (Lipinski definition) is 1. The molecule has 0 spiro atoms. The van der Waals surface area contributed by atoms with Crippen LogP contribution in [0, 0.1) is 5.92 Å². The highest BCUT2D eigenvalue weighted by Gasteiger charge is 2.36. The third-order valence-corrected chi connectivity index (χ3v) is 4.14. The lowest BCUT2D eigenvalue weighted by atomic mass is 10.1. The van der Waals surface area contributed by atoms with Crippen LogP contribution in [0.25, 0.3) is 0 Å². The first kappa shape index (κ1) is 15.6. The maximum absolute atomic E-state index is 12.2. The summed E-state index contributed by atoms with van der Waals surface area (Å²) in [6.45, 7) is 0.700. The number of methoxy groups -OCH3 is 1. The maximum atomic E-state index is 12.2. The molecule has 0 saturated carbocycles. The number of nitrogens with one attached hydrogen (secondary N) is 1. The van der Waals surface area contributed by atoms with Gasteiger partial charge in [-0.3, -0.25) is 14.5 Å². The predicted octanol–water partition coefficient (Wildman–Crippen LogP) is 0.342. The molecule has 2 aromatic heterocycles. The second-order valence-corrected chi connectivity index (χ2v) is 5.85. The van der Waals surface area contributed by atoms with E-state index in [9.17, 15) is 9.59 Å². The number of thiazole rings is 1. The van der Waals surface area contributed by atoms with Crippen molar-refractivity contribution in [3.05, 3.63) is 23.3 Å². The second kappa shape index (κ2) is 6.84. The quantitative estimate of drug-likeness (QED) is 0.809. The van der Waals surface area contributed by atoms with Crippen LogP contribution in [-0.2, 0) is 27.5 Å². The van der Waals surface area contributed by atoms with E-state index in [4.69, 9.17) is 9.26 Å². The van der Waals surface area contributed by atoms with Crippen LogP contribution in [0.1, 0.15) is 18.1 Å². The molecule has 1 fully saturated rings. The van der Waals surface area contributed by atoms with Gasteiger partial charge in [0.2, 0.25) is 17.7 Å². The Balaban J connectivity index is 1.53. The van der Waals surface area contributed by atoms with Gasteiger partial charge in [0.1, 0.15) is 6.61 Å². The summed E-state index contributed by atoms with van der Waals surface area (Å²) in [6.07, 6.45) is 1.80. The smallest absolute Gasteiger partial charge is 0.246 e. The molecule has 2 aromatic rings. The van der Waals surface area contributed by atoms with Crippen LogP contribution in [0.4, 0.5) is 5.13 Å². The van der Waals surface area contributed by atoms with Crippen molar-refractivity contribution in [2.45, 2.75) is 19.6 Å². The summed E-state index contributed by atoms with van der Waals surface area (Å²) in [5.74, 6) is -0.00817. The van der Waals surface area contributed by atoms with Gasteiger partial charge < -0.3 is 14.6 Å². The monoisotopic (exact) mass is 337 g/mol. The van der Waals surface area contributed by atoms with E-state index in [1.54, 1.807) is 11.6 Å². The number of carbonyl (C=O) groups is 2. The van der Waals surface area contributed by atoms with E-state index in [0.717, 1.165) is 0 Å². The van der Waals surface area contributed by atoms with Gasteiger partial charge >= 0.3 is 0 Å². The van der Waals surface area contributed by atoms with Crippen LogP contribution in [0.5, 0.6) is 0 Å². The number of carbonyl (C=O) groups excluding carboxylic acids is 2. The highest BCUT2D eigenvalue weighted by atomic mass is 32.1. The van der Waals surface area contributed by atoms with Crippen LogP contribution >= 0.6 is 11.3 Å². The molecule has 0 bridgehead atoms. The molecule has 3 heterocycles. The van der Waals surface area contributed by atoms with Gasteiger partial charge in [-0.05, 0) is 0 Å². The Bertz CT molecular complexity index is 686. The van der Waals surface area contributed by atoms with Crippen LogP contribution in [0.2, 0.25) is 0 Å². The number of amides is 2. The van der Waals surface area contributed by atoms with Crippen LogP contribution in [0.15, 0.2) is 16.1 Å². The van der Waals surface area contributed by atoms with E-state index in [-0.39, 0.29) is 31.4 Å². The fourth-order valence-electron chi connectivity index (χ4n) is 2.27. The average molecular weight is 337 g/mol. The standard InChI is InChI=1S/C13H15N5O4S/c1-21-7-9-16-10(22-17-9)5-15-12(20)8-4-11(19)18(6-8)13-14-2-3-23-13/h2-3,8H,4-7H2,1H3,(H,15,20). The third-order valence-electron chi connectivity index (χ3n) is 3.34. The summed E-state index contributed by atoms with van der Waals surface area (Å²) < 4.78 is 9.88. The van der Waals surface area contributed by atoms with E-state index in [1.165, 1.54) is 23.3 Å². The third kappa shape index (κ3) is 3.54. The maximum Gasteiger partial charge on any atom is 0.246 e. The van der Waals surface area contributed by atoms with Crippen LogP contribution in [-0.4, -0.2) is 40.6 Å². The van der Waals surface area contributed by atoms with Gasteiger partial charge in [-0.15, -0.1) is 11.3 Å². The summed E-state index contributed by atoms with van der Waals surface area (Å²) in [5, 5.41) is 8.83. The summed E-state index contributed by atoms with van der Waals surface area (Å²) in [6, 6.07) is 0.